The fraction of sp³-hybridized carbons (Fsp3) is 0.526. The third-order valence-corrected chi connectivity index (χ3v) is 5.75. The molecule has 2 fully saturated rings. The minimum atomic E-state index is -0.537. The molecule has 8 nitrogen and oxygen atoms in total. The molecular weight excluding hydrogens is 346 g/mol. The van der Waals surface area contributed by atoms with Crippen LogP contribution in [0, 0.1) is 0 Å². The normalized spacial score (nSPS) is 24.4. The zero-order valence-corrected chi connectivity index (χ0v) is 15.1. The highest BCUT2D eigenvalue weighted by Gasteiger charge is 2.44. The van der Waals surface area contributed by atoms with E-state index in [2.05, 4.69) is 25.7 Å². The summed E-state index contributed by atoms with van der Waals surface area (Å²) in [5.41, 5.74) is 1.30. The van der Waals surface area contributed by atoms with Crippen molar-refractivity contribution in [1.82, 2.24) is 15.0 Å². The predicted octanol–water partition coefficient (Wildman–Crippen LogP) is 2.32. The van der Waals surface area contributed by atoms with Gasteiger partial charge in [-0.05, 0) is 37.8 Å². The molecule has 3 aliphatic heterocycles. The van der Waals surface area contributed by atoms with Crippen molar-refractivity contribution in [2.24, 2.45) is 0 Å². The Hall–Kier alpha value is -2.45. The topological polar surface area (TPSA) is 92.5 Å². The van der Waals surface area contributed by atoms with Crippen LogP contribution < -0.4 is 10.6 Å². The van der Waals surface area contributed by atoms with Gasteiger partial charge >= 0.3 is 0 Å². The first-order chi connectivity index (χ1) is 13.2. The van der Waals surface area contributed by atoms with Crippen molar-refractivity contribution >= 4 is 17.3 Å². The molecule has 1 aromatic heterocycles. The molecule has 5 rings (SSSR count). The minimum Gasteiger partial charge on any atom is -0.369 e. The summed E-state index contributed by atoms with van der Waals surface area (Å²) in [6.45, 7) is 2.98. The minimum absolute atomic E-state index is 0.0499. The van der Waals surface area contributed by atoms with Gasteiger partial charge < -0.3 is 19.9 Å². The lowest BCUT2D eigenvalue weighted by atomic mass is 9.84. The first-order valence-corrected chi connectivity index (χ1v) is 9.57. The molecule has 27 heavy (non-hydrogen) atoms. The second-order valence-corrected chi connectivity index (χ2v) is 7.53. The Bertz CT molecular complexity index is 837. The highest BCUT2D eigenvalue weighted by atomic mass is 16.5. The van der Waals surface area contributed by atoms with Crippen LogP contribution in [0.5, 0.6) is 0 Å². The SMILES string of the molecule is O=C1Nc2ccccc2NC12CCN(Cc1noc([C@@H]3CCCO3)n1)CC2. The summed E-state index contributed by atoms with van der Waals surface area (Å²) in [4.78, 5) is 19.5. The molecule has 0 aliphatic carbocycles. The molecule has 1 amide bonds. The number of hydrogen-bond acceptors (Lipinski definition) is 7. The number of carbonyl (C=O) groups excluding carboxylic acids is 1. The number of amides is 1. The van der Waals surface area contributed by atoms with E-state index in [4.69, 9.17) is 9.26 Å². The first-order valence-electron chi connectivity index (χ1n) is 9.57. The molecule has 8 heteroatoms. The van der Waals surface area contributed by atoms with Crippen molar-refractivity contribution in [3.8, 4) is 0 Å². The van der Waals surface area contributed by atoms with Crippen molar-refractivity contribution in [3.05, 3.63) is 36.0 Å². The fourth-order valence-corrected chi connectivity index (χ4v) is 4.14. The molecule has 0 unspecified atom stereocenters. The van der Waals surface area contributed by atoms with E-state index in [-0.39, 0.29) is 12.0 Å². The highest BCUT2D eigenvalue weighted by Crippen LogP contribution is 2.36. The van der Waals surface area contributed by atoms with E-state index in [0.29, 0.717) is 18.3 Å². The summed E-state index contributed by atoms with van der Waals surface area (Å²) in [7, 11) is 0. The van der Waals surface area contributed by atoms with Crippen LogP contribution in [0.15, 0.2) is 28.8 Å². The van der Waals surface area contributed by atoms with E-state index in [1.54, 1.807) is 0 Å². The van der Waals surface area contributed by atoms with Crippen LogP contribution in [0.4, 0.5) is 11.4 Å². The monoisotopic (exact) mass is 369 g/mol. The maximum atomic E-state index is 12.7. The Labute approximate surface area is 157 Å². The largest absolute Gasteiger partial charge is 0.369 e. The third kappa shape index (κ3) is 3.08. The lowest BCUT2D eigenvalue weighted by Crippen LogP contribution is -2.58. The van der Waals surface area contributed by atoms with Crippen LogP contribution >= 0.6 is 0 Å². The summed E-state index contributed by atoms with van der Waals surface area (Å²) >= 11 is 0. The number of likely N-dealkylation sites (tertiary alicyclic amines) is 1. The Morgan fingerprint density at radius 2 is 2.04 bits per heavy atom. The number of nitrogens with zero attached hydrogens (tertiary/aromatic N) is 3. The standard InChI is InChI=1S/C19H23N5O3/c25-18-19(22-14-5-2-1-4-13(14)20-18)7-9-24(10-8-19)12-16-21-17(27-23-16)15-6-3-11-26-15/h1-2,4-5,15,22H,3,6-12H2,(H,20,25)/t15-/m0/s1. The molecule has 1 spiro atoms. The van der Waals surface area contributed by atoms with Crippen LogP contribution in [0.3, 0.4) is 0 Å². The van der Waals surface area contributed by atoms with Crippen molar-refractivity contribution in [1.29, 1.82) is 0 Å². The molecule has 2 saturated heterocycles. The van der Waals surface area contributed by atoms with Gasteiger partial charge in [-0.15, -0.1) is 0 Å². The molecule has 2 N–H and O–H groups in total. The summed E-state index contributed by atoms with van der Waals surface area (Å²) in [6.07, 6.45) is 3.41. The average molecular weight is 369 g/mol. The van der Waals surface area contributed by atoms with Crippen LogP contribution in [-0.4, -0.2) is 46.2 Å². The molecule has 1 aromatic carbocycles. The van der Waals surface area contributed by atoms with Gasteiger partial charge in [0.15, 0.2) is 5.82 Å². The molecule has 0 saturated carbocycles. The smallest absolute Gasteiger partial charge is 0.255 e. The van der Waals surface area contributed by atoms with Crippen molar-refractivity contribution in [2.75, 3.05) is 30.3 Å². The Kier molecular flexibility index (Phi) is 4.09. The van der Waals surface area contributed by atoms with Gasteiger partial charge in [0.1, 0.15) is 11.6 Å². The predicted molar refractivity (Wildman–Crippen MR) is 98.2 cm³/mol. The zero-order chi connectivity index (χ0) is 18.3. The van der Waals surface area contributed by atoms with Gasteiger partial charge in [0.05, 0.1) is 17.9 Å². The highest BCUT2D eigenvalue weighted by molar-refractivity contribution is 6.06. The number of rotatable bonds is 3. The summed E-state index contributed by atoms with van der Waals surface area (Å²) in [6, 6.07) is 7.84. The quantitative estimate of drug-likeness (QED) is 0.858. The van der Waals surface area contributed by atoms with Crippen LogP contribution in [0.2, 0.25) is 0 Å². The molecule has 142 valence electrons. The second-order valence-electron chi connectivity index (χ2n) is 7.53. The maximum Gasteiger partial charge on any atom is 0.255 e. The van der Waals surface area contributed by atoms with Gasteiger partial charge in [0, 0.05) is 19.7 Å². The van der Waals surface area contributed by atoms with E-state index in [0.717, 1.165) is 56.8 Å². The van der Waals surface area contributed by atoms with E-state index in [9.17, 15) is 4.79 Å². The van der Waals surface area contributed by atoms with Crippen molar-refractivity contribution < 1.29 is 14.1 Å². The second kappa shape index (κ2) is 6.61. The fourth-order valence-electron chi connectivity index (χ4n) is 4.14. The molecule has 1 atom stereocenters. The van der Waals surface area contributed by atoms with Crippen LogP contribution in [-0.2, 0) is 16.1 Å². The van der Waals surface area contributed by atoms with Crippen molar-refractivity contribution in [2.45, 2.75) is 43.9 Å². The average Bonchev–Trinajstić information content (AvgIpc) is 3.36. The van der Waals surface area contributed by atoms with Gasteiger partial charge in [0.2, 0.25) is 5.91 Å². The van der Waals surface area contributed by atoms with E-state index < -0.39 is 5.54 Å². The number of nitrogens with one attached hydrogen (secondary N) is 2. The van der Waals surface area contributed by atoms with Crippen LogP contribution in [0.25, 0.3) is 0 Å². The molecule has 4 heterocycles. The summed E-state index contributed by atoms with van der Waals surface area (Å²) < 4.78 is 11.0. The van der Waals surface area contributed by atoms with E-state index >= 15 is 0 Å². The lowest BCUT2D eigenvalue weighted by molar-refractivity contribution is -0.122. The molecular formula is C19H23N5O3. The van der Waals surface area contributed by atoms with E-state index in [1.807, 2.05) is 24.3 Å². The van der Waals surface area contributed by atoms with Gasteiger partial charge in [-0.3, -0.25) is 9.69 Å². The van der Waals surface area contributed by atoms with Crippen molar-refractivity contribution in [3.63, 3.8) is 0 Å². The van der Waals surface area contributed by atoms with E-state index in [1.165, 1.54) is 0 Å². The Balaban J connectivity index is 1.22. The number of aromatic nitrogens is 2. The number of benzene rings is 1. The number of fused-ring (bicyclic) bond motifs is 1. The summed E-state index contributed by atoms with van der Waals surface area (Å²) in [5.74, 6) is 1.32. The molecule has 2 aromatic rings. The Morgan fingerprint density at radius 1 is 1.22 bits per heavy atom. The zero-order valence-electron chi connectivity index (χ0n) is 15.1. The van der Waals surface area contributed by atoms with Gasteiger partial charge in [-0.25, -0.2) is 0 Å². The molecule has 3 aliphatic rings. The van der Waals surface area contributed by atoms with Gasteiger partial charge in [-0.2, -0.15) is 4.98 Å². The number of piperidine rings is 1. The third-order valence-electron chi connectivity index (χ3n) is 5.75. The molecule has 0 radical (unpaired) electrons. The Morgan fingerprint density at radius 3 is 2.81 bits per heavy atom. The lowest BCUT2D eigenvalue weighted by Gasteiger charge is -2.44. The number of anilines is 2. The molecule has 0 bridgehead atoms. The van der Waals surface area contributed by atoms with Gasteiger partial charge in [-0.1, -0.05) is 17.3 Å². The summed E-state index contributed by atoms with van der Waals surface area (Å²) in [5, 5.41) is 10.6. The maximum absolute atomic E-state index is 12.7. The van der Waals surface area contributed by atoms with Crippen LogP contribution in [0.1, 0.15) is 43.5 Å². The first kappa shape index (κ1) is 16.7. The number of carbonyl (C=O) groups is 1. The van der Waals surface area contributed by atoms with Gasteiger partial charge in [0.25, 0.3) is 5.89 Å². The number of hydrogen-bond donors (Lipinski definition) is 2. The number of para-hydroxylation sites is 2. The number of ether oxygens (including phenoxy) is 1.